The van der Waals surface area contributed by atoms with E-state index in [0.29, 0.717) is 18.8 Å². The summed E-state index contributed by atoms with van der Waals surface area (Å²) in [6.45, 7) is 8.62. The minimum atomic E-state index is -0.658. The summed E-state index contributed by atoms with van der Waals surface area (Å²) < 4.78 is 7.09. The molecular weight excluding hydrogens is 513 g/mol. The summed E-state index contributed by atoms with van der Waals surface area (Å²) in [4.78, 5) is 22.5. The molecule has 1 amide bonds. The van der Waals surface area contributed by atoms with Gasteiger partial charge in [0.2, 0.25) is 5.44 Å². The first-order valence-electron chi connectivity index (χ1n) is 9.97. The van der Waals surface area contributed by atoms with Gasteiger partial charge in [-0.1, -0.05) is 18.5 Å². The monoisotopic (exact) mass is 543 g/mol. The molecule has 30 heavy (non-hydrogen) atoms. The number of aryl methyl sites for hydroxylation is 1. The number of oxime groups is 1. The maximum absolute atomic E-state index is 12.8. The van der Waals surface area contributed by atoms with E-state index in [0.717, 1.165) is 32.9 Å². The van der Waals surface area contributed by atoms with Crippen molar-refractivity contribution >= 4 is 57.4 Å². The van der Waals surface area contributed by atoms with Crippen LogP contribution in [0.2, 0.25) is 0 Å². The van der Waals surface area contributed by atoms with Gasteiger partial charge in [0, 0.05) is 33.3 Å². The molecule has 6 nitrogen and oxygen atoms in total. The zero-order valence-electron chi connectivity index (χ0n) is 18.2. The van der Waals surface area contributed by atoms with Gasteiger partial charge in [0.1, 0.15) is 12.4 Å². The van der Waals surface area contributed by atoms with Crippen LogP contribution in [0.3, 0.4) is 0 Å². The molecule has 0 fully saturated rings. The molecule has 1 heterocycles. The van der Waals surface area contributed by atoms with E-state index in [1.54, 1.807) is 6.21 Å². The molecular formula is C22H30IN3O3S. The Morgan fingerprint density at radius 2 is 2.17 bits per heavy atom. The Hall–Kier alpha value is -1.55. The van der Waals surface area contributed by atoms with E-state index in [-0.39, 0.29) is 5.91 Å². The molecule has 1 N–H and O–H groups in total. The molecule has 0 aliphatic heterocycles. The average molecular weight is 543 g/mol. The number of pyridine rings is 1. The van der Waals surface area contributed by atoms with Crippen molar-refractivity contribution in [3.8, 4) is 5.75 Å². The number of aromatic nitrogens is 1. The highest BCUT2D eigenvalue weighted by Gasteiger charge is 2.26. The van der Waals surface area contributed by atoms with Gasteiger partial charge in [0.15, 0.2) is 0 Å². The van der Waals surface area contributed by atoms with E-state index in [2.05, 4.69) is 51.0 Å². The van der Waals surface area contributed by atoms with Crippen molar-refractivity contribution in [1.29, 1.82) is 0 Å². The van der Waals surface area contributed by atoms with Crippen molar-refractivity contribution in [3.63, 3.8) is 0 Å². The number of benzene rings is 1. The number of carbonyl (C=O) groups excluding carboxylic acids is 1. The lowest BCUT2D eigenvalue weighted by Crippen LogP contribution is -2.48. The Balaban J connectivity index is 2.01. The molecule has 0 bridgehead atoms. The fourth-order valence-corrected chi connectivity index (χ4v) is 3.75. The minimum Gasteiger partial charge on any atom is -0.470 e. The summed E-state index contributed by atoms with van der Waals surface area (Å²) in [5.74, 6) is 0.480. The second-order valence-corrected chi connectivity index (χ2v) is 9.85. The van der Waals surface area contributed by atoms with E-state index in [9.17, 15) is 4.79 Å². The van der Waals surface area contributed by atoms with Crippen molar-refractivity contribution in [1.82, 2.24) is 10.3 Å². The third-order valence-corrected chi connectivity index (χ3v) is 5.71. The van der Waals surface area contributed by atoms with Crippen LogP contribution in [0.15, 0.2) is 29.6 Å². The number of hydrogen-bond acceptors (Lipinski definition) is 6. The second-order valence-electron chi connectivity index (χ2n) is 7.70. The molecule has 2 aromatic rings. The Kier molecular flexibility index (Phi) is 9.67. The zero-order valence-corrected chi connectivity index (χ0v) is 21.2. The van der Waals surface area contributed by atoms with Crippen molar-refractivity contribution in [2.45, 2.75) is 57.9 Å². The van der Waals surface area contributed by atoms with E-state index < -0.39 is 11.0 Å². The lowest BCUT2D eigenvalue weighted by molar-refractivity contribution is -0.126. The van der Waals surface area contributed by atoms with Gasteiger partial charge in [-0.3, -0.25) is 9.78 Å². The van der Waals surface area contributed by atoms with Gasteiger partial charge < -0.3 is 14.9 Å². The largest absolute Gasteiger partial charge is 0.470 e. The lowest BCUT2D eigenvalue weighted by Gasteiger charge is -2.27. The second kappa shape index (κ2) is 11.7. The number of thioether (sulfide) groups is 1. The summed E-state index contributed by atoms with van der Waals surface area (Å²) in [7, 11) is 0. The van der Waals surface area contributed by atoms with Crippen LogP contribution in [0, 0.1) is 10.5 Å². The normalized spacial score (nSPS) is 12.9. The third kappa shape index (κ3) is 7.61. The predicted octanol–water partition coefficient (Wildman–Crippen LogP) is 5.30. The maximum Gasteiger partial charge on any atom is 0.272 e. The first-order chi connectivity index (χ1) is 14.3. The summed E-state index contributed by atoms with van der Waals surface area (Å²) in [6.07, 6.45) is 8.01. The molecule has 164 valence electrons. The highest BCUT2D eigenvalue weighted by Crippen LogP contribution is 2.27. The van der Waals surface area contributed by atoms with Gasteiger partial charge in [-0.2, -0.15) is 0 Å². The van der Waals surface area contributed by atoms with Gasteiger partial charge in [-0.25, -0.2) is 0 Å². The van der Waals surface area contributed by atoms with Crippen LogP contribution in [0.1, 0.15) is 45.6 Å². The van der Waals surface area contributed by atoms with Crippen LogP contribution in [0.4, 0.5) is 0 Å². The molecule has 1 atom stereocenters. The Bertz CT molecular complexity index is 889. The SMILES string of the molecule is CCCCO/N=C/CC(C)(C)NC(=O)C(Oc1cc(C)c2ncc(I)cc2c1)SC. The highest BCUT2D eigenvalue weighted by atomic mass is 127. The minimum absolute atomic E-state index is 0.175. The van der Waals surface area contributed by atoms with Crippen LogP contribution < -0.4 is 10.1 Å². The molecule has 1 unspecified atom stereocenters. The number of carbonyl (C=O) groups is 1. The Morgan fingerprint density at radius 3 is 2.87 bits per heavy atom. The van der Waals surface area contributed by atoms with Gasteiger partial charge in [0.25, 0.3) is 5.91 Å². The van der Waals surface area contributed by atoms with Crippen molar-refractivity contribution in [2.24, 2.45) is 5.16 Å². The van der Waals surface area contributed by atoms with E-state index in [1.807, 2.05) is 45.4 Å². The van der Waals surface area contributed by atoms with Crippen LogP contribution in [-0.4, -0.2) is 40.9 Å². The third-order valence-electron chi connectivity index (χ3n) is 4.39. The molecule has 0 aliphatic carbocycles. The molecule has 0 saturated heterocycles. The van der Waals surface area contributed by atoms with Gasteiger partial charge in [0.05, 0.1) is 5.52 Å². The van der Waals surface area contributed by atoms with Crippen LogP contribution in [0.25, 0.3) is 10.9 Å². The number of amides is 1. The number of nitrogens with zero attached hydrogens (tertiary/aromatic N) is 2. The summed E-state index contributed by atoms with van der Waals surface area (Å²) in [5, 5.41) is 8.00. The molecule has 1 aromatic carbocycles. The Morgan fingerprint density at radius 1 is 1.40 bits per heavy atom. The van der Waals surface area contributed by atoms with Gasteiger partial charge in [-0.15, -0.1) is 11.8 Å². The molecule has 0 aliphatic rings. The molecule has 2 rings (SSSR count). The summed E-state index contributed by atoms with van der Waals surface area (Å²) in [6, 6.07) is 5.91. The molecule has 0 saturated carbocycles. The number of rotatable bonds is 11. The van der Waals surface area contributed by atoms with Crippen molar-refractivity contribution in [2.75, 3.05) is 12.9 Å². The zero-order chi connectivity index (χ0) is 22.1. The standard InChI is InChI=1S/C22H30IN3O3S/c1-6-7-10-28-25-9-8-22(3,4)26-20(27)21(30-5)29-18-11-15(2)19-16(13-18)12-17(23)14-24-19/h9,11-14,21H,6-8,10H2,1-5H3,(H,26,27)/b25-9+. The smallest absolute Gasteiger partial charge is 0.272 e. The number of nitrogens with one attached hydrogen (secondary N) is 1. The first-order valence-corrected chi connectivity index (χ1v) is 12.3. The fourth-order valence-electron chi connectivity index (χ4n) is 2.79. The number of fused-ring (bicyclic) bond motifs is 1. The average Bonchev–Trinajstić information content (AvgIpc) is 2.68. The van der Waals surface area contributed by atoms with E-state index >= 15 is 0 Å². The number of unbranched alkanes of at least 4 members (excludes halogenated alkanes) is 1. The van der Waals surface area contributed by atoms with E-state index in [1.165, 1.54) is 11.8 Å². The summed E-state index contributed by atoms with van der Waals surface area (Å²) in [5.41, 5.74) is 0.827. The van der Waals surface area contributed by atoms with Crippen LogP contribution in [-0.2, 0) is 9.63 Å². The maximum atomic E-state index is 12.8. The lowest BCUT2D eigenvalue weighted by atomic mass is 10.0. The van der Waals surface area contributed by atoms with Crippen LogP contribution in [0.5, 0.6) is 5.75 Å². The van der Waals surface area contributed by atoms with Crippen molar-refractivity contribution < 1.29 is 14.4 Å². The fraction of sp³-hybridized carbons (Fsp3) is 0.500. The highest BCUT2D eigenvalue weighted by molar-refractivity contribution is 14.1. The van der Waals surface area contributed by atoms with E-state index in [4.69, 9.17) is 9.57 Å². The number of hydrogen-bond donors (Lipinski definition) is 1. The predicted molar refractivity (Wildman–Crippen MR) is 133 cm³/mol. The quantitative estimate of drug-likeness (QED) is 0.137. The molecule has 0 radical (unpaired) electrons. The first kappa shape index (κ1) is 24.7. The number of ether oxygens (including phenoxy) is 1. The Labute approximate surface area is 196 Å². The molecule has 0 spiro atoms. The van der Waals surface area contributed by atoms with Crippen LogP contribution >= 0.6 is 34.4 Å². The van der Waals surface area contributed by atoms with Gasteiger partial charge >= 0.3 is 0 Å². The topological polar surface area (TPSA) is 72.8 Å². The molecule has 8 heteroatoms. The number of halogens is 1. The summed E-state index contributed by atoms with van der Waals surface area (Å²) >= 11 is 3.59. The molecule has 1 aromatic heterocycles. The van der Waals surface area contributed by atoms with Crippen molar-refractivity contribution in [3.05, 3.63) is 33.5 Å². The van der Waals surface area contributed by atoms with Gasteiger partial charge in [-0.05, 0) is 79.8 Å².